The van der Waals surface area contributed by atoms with Gasteiger partial charge in [-0.15, -0.1) is 11.6 Å². The van der Waals surface area contributed by atoms with E-state index in [0.717, 1.165) is 18.4 Å². The zero-order chi connectivity index (χ0) is 14.6. The first-order valence-corrected chi connectivity index (χ1v) is 8.68. The van der Waals surface area contributed by atoms with Crippen LogP contribution in [0, 0.1) is 0 Å². The van der Waals surface area contributed by atoms with Gasteiger partial charge in [0.2, 0.25) is 0 Å². The zero-order valence-electron chi connectivity index (χ0n) is 11.5. The lowest BCUT2D eigenvalue weighted by molar-refractivity contribution is 0.0289. The van der Waals surface area contributed by atoms with E-state index in [9.17, 15) is 8.42 Å². The monoisotopic (exact) mass is 318 g/mol. The van der Waals surface area contributed by atoms with E-state index < -0.39 is 10.0 Å². The maximum atomic E-state index is 12.4. The molecule has 1 aromatic rings. The minimum Gasteiger partial charge on any atom is -0.378 e. The van der Waals surface area contributed by atoms with Crippen LogP contribution in [0.25, 0.3) is 0 Å². The summed E-state index contributed by atoms with van der Waals surface area (Å²) in [6.45, 7) is 3.57. The molecule has 5 nitrogen and oxygen atoms in total. The molecule has 0 aromatic carbocycles. The van der Waals surface area contributed by atoms with Crippen molar-refractivity contribution in [3.05, 3.63) is 23.9 Å². The third-order valence-corrected chi connectivity index (χ3v) is 5.48. The van der Waals surface area contributed by atoms with E-state index in [1.165, 1.54) is 16.6 Å². The van der Waals surface area contributed by atoms with Crippen molar-refractivity contribution in [1.82, 2.24) is 9.29 Å². The molecule has 0 saturated carbocycles. The fourth-order valence-electron chi connectivity index (χ4n) is 2.25. The molecule has 0 unspecified atom stereocenters. The fourth-order valence-corrected chi connectivity index (χ4v) is 3.79. The Balaban J connectivity index is 2.07. The second-order valence-electron chi connectivity index (χ2n) is 4.70. The van der Waals surface area contributed by atoms with Gasteiger partial charge < -0.3 is 4.74 Å². The van der Waals surface area contributed by atoms with Gasteiger partial charge in [0.25, 0.3) is 10.0 Å². The van der Waals surface area contributed by atoms with Gasteiger partial charge in [-0.2, -0.15) is 4.31 Å². The van der Waals surface area contributed by atoms with Gasteiger partial charge in [-0.1, -0.05) is 6.07 Å². The molecule has 0 atom stereocenters. The molecule has 1 saturated heterocycles. The Hall–Kier alpha value is -0.690. The summed E-state index contributed by atoms with van der Waals surface area (Å²) < 4.78 is 31.9. The second kappa shape index (κ2) is 6.85. The molecule has 1 aliphatic heterocycles. The summed E-state index contributed by atoms with van der Waals surface area (Å²) in [4.78, 5) is 4.01. The SMILES string of the molecule is CCOC1CCN(S(=O)(=O)c2ccc(CCl)cn2)CC1. The summed E-state index contributed by atoms with van der Waals surface area (Å²) in [5.74, 6) is 0.326. The number of sulfonamides is 1. The molecular formula is C13H19ClN2O3S. The maximum absolute atomic E-state index is 12.4. The Kier molecular flexibility index (Phi) is 5.37. The first-order chi connectivity index (χ1) is 9.57. The summed E-state index contributed by atoms with van der Waals surface area (Å²) in [5.41, 5.74) is 0.806. The minimum atomic E-state index is -3.50. The highest BCUT2D eigenvalue weighted by Crippen LogP contribution is 2.21. The number of aromatic nitrogens is 1. The van der Waals surface area contributed by atoms with Crippen LogP contribution >= 0.6 is 11.6 Å². The average Bonchev–Trinajstić information content (AvgIpc) is 2.48. The van der Waals surface area contributed by atoms with Crippen LogP contribution in [-0.4, -0.2) is 43.5 Å². The molecule has 20 heavy (non-hydrogen) atoms. The molecule has 1 aromatic heterocycles. The van der Waals surface area contributed by atoms with Gasteiger partial charge in [-0.3, -0.25) is 0 Å². The van der Waals surface area contributed by atoms with Gasteiger partial charge in [0, 0.05) is 31.8 Å². The molecule has 1 fully saturated rings. The van der Waals surface area contributed by atoms with Crippen LogP contribution < -0.4 is 0 Å². The van der Waals surface area contributed by atoms with Gasteiger partial charge in [-0.05, 0) is 31.4 Å². The highest BCUT2D eigenvalue weighted by molar-refractivity contribution is 7.89. The number of alkyl halides is 1. The van der Waals surface area contributed by atoms with Crippen LogP contribution in [0.1, 0.15) is 25.3 Å². The number of rotatable bonds is 5. The first-order valence-electron chi connectivity index (χ1n) is 6.70. The number of hydrogen-bond donors (Lipinski definition) is 0. The Labute approximate surface area is 125 Å². The largest absolute Gasteiger partial charge is 0.378 e. The van der Waals surface area contributed by atoms with Crippen LogP contribution in [0.15, 0.2) is 23.4 Å². The smallest absolute Gasteiger partial charge is 0.260 e. The lowest BCUT2D eigenvalue weighted by atomic mass is 10.1. The maximum Gasteiger partial charge on any atom is 0.260 e. The predicted octanol–water partition coefficient (Wildman–Crippen LogP) is 2.01. The average molecular weight is 319 g/mol. The number of halogens is 1. The molecular weight excluding hydrogens is 300 g/mol. The quantitative estimate of drug-likeness (QED) is 0.779. The molecule has 0 amide bonds. The van der Waals surface area contributed by atoms with Crippen LogP contribution in [0.5, 0.6) is 0 Å². The predicted molar refractivity (Wildman–Crippen MR) is 77.2 cm³/mol. The van der Waals surface area contributed by atoms with E-state index in [-0.39, 0.29) is 11.1 Å². The van der Waals surface area contributed by atoms with Crippen LogP contribution in [0.2, 0.25) is 0 Å². The topological polar surface area (TPSA) is 59.5 Å². The van der Waals surface area contributed by atoms with Crippen molar-refractivity contribution in [3.63, 3.8) is 0 Å². The Morgan fingerprint density at radius 1 is 1.40 bits per heavy atom. The lowest BCUT2D eigenvalue weighted by Gasteiger charge is -2.30. The molecule has 7 heteroatoms. The van der Waals surface area contributed by atoms with E-state index in [2.05, 4.69) is 4.98 Å². The minimum absolute atomic E-state index is 0.0845. The van der Waals surface area contributed by atoms with E-state index >= 15 is 0 Å². The van der Waals surface area contributed by atoms with Crippen molar-refractivity contribution in [2.75, 3.05) is 19.7 Å². The van der Waals surface area contributed by atoms with Crippen LogP contribution in [-0.2, 0) is 20.6 Å². The first kappa shape index (κ1) is 15.7. The van der Waals surface area contributed by atoms with Crippen molar-refractivity contribution in [1.29, 1.82) is 0 Å². The van der Waals surface area contributed by atoms with Gasteiger partial charge in [-0.25, -0.2) is 13.4 Å². The summed E-state index contributed by atoms with van der Waals surface area (Å²) in [7, 11) is -3.50. The summed E-state index contributed by atoms with van der Waals surface area (Å²) >= 11 is 5.67. The van der Waals surface area contributed by atoms with Crippen molar-refractivity contribution in [2.45, 2.75) is 36.8 Å². The van der Waals surface area contributed by atoms with Crippen LogP contribution in [0.4, 0.5) is 0 Å². The van der Waals surface area contributed by atoms with E-state index in [1.54, 1.807) is 6.07 Å². The number of nitrogens with zero attached hydrogens (tertiary/aromatic N) is 2. The number of hydrogen-bond acceptors (Lipinski definition) is 4. The summed E-state index contributed by atoms with van der Waals surface area (Å²) in [6, 6.07) is 3.21. The molecule has 1 aliphatic rings. The third-order valence-electron chi connectivity index (χ3n) is 3.36. The Bertz CT molecular complexity index is 525. The van der Waals surface area contributed by atoms with Crippen molar-refractivity contribution < 1.29 is 13.2 Å². The molecule has 0 radical (unpaired) electrons. The number of ether oxygens (including phenoxy) is 1. The Morgan fingerprint density at radius 3 is 2.60 bits per heavy atom. The van der Waals surface area contributed by atoms with E-state index in [1.807, 2.05) is 6.92 Å². The second-order valence-corrected chi connectivity index (χ2v) is 6.85. The summed E-state index contributed by atoms with van der Waals surface area (Å²) in [6.07, 6.45) is 3.13. The van der Waals surface area contributed by atoms with Crippen molar-refractivity contribution in [3.8, 4) is 0 Å². The molecule has 2 rings (SSSR count). The molecule has 0 aliphatic carbocycles. The standard InChI is InChI=1S/C13H19ClN2O3S/c1-2-19-12-5-7-16(8-6-12)20(17,18)13-4-3-11(9-14)10-15-13/h3-4,10,12H,2,5-9H2,1H3. The van der Waals surface area contributed by atoms with Crippen LogP contribution in [0.3, 0.4) is 0 Å². The normalized spacial score (nSPS) is 18.3. The number of piperidine rings is 1. The molecule has 112 valence electrons. The van der Waals surface area contributed by atoms with Gasteiger partial charge in [0.1, 0.15) is 0 Å². The van der Waals surface area contributed by atoms with Gasteiger partial charge in [0.15, 0.2) is 5.03 Å². The molecule has 0 spiro atoms. The van der Waals surface area contributed by atoms with E-state index in [0.29, 0.717) is 25.6 Å². The van der Waals surface area contributed by atoms with Gasteiger partial charge in [0.05, 0.1) is 6.10 Å². The molecule has 0 bridgehead atoms. The van der Waals surface area contributed by atoms with E-state index in [4.69, 9.17) is 16.3 Å². The third kappa shape index (κ3) is 3.49. The fraction of sp³-hybridized carbons (Fsp3) is 0.615. The molecule has 2 heterocycles. The van der Waals surface area contributed by atoms with Crippen molar-refractivity contribution in [2.24, 2.45) is 0 Å². The number of pyridine rings is 1. The van der Waals surface area contributed by atoms with Gasteiger partial charge >= 0.3 is 0 Å². The summed E-state index contributed by atoms with van der Waals surface area (Å²) in [5, 5.41) is 0.0845. The highest BCUT2D eigenvalue weighted by atomic mass is 35.5. The van der Waals surface area contributed by atoms with Crippen molar-refractivity contribution >= 4 is 21.6 Å². The Morgan fingerprint density at radius 2 is 2.10 bits per heavy atom. The highest BCUT2D eigenvalue weighted by Gasteiger charge is 2.30. The lowest BCUT2D eigenvalue weighted by Crippen LogP contribution is -2.41. The molecule has 0 N–H and O–H groups in total. The zero-order valence-corrected chi connectivity index (χ0v) is 13.0.